The SMILES string of the molecule is Cc1nc(NCc2cnn([C@@H]3C[C@H]3c3ccc(C(F)(F)F)nc3)c2)nc2c1NC(=O)[C@H](C(C)C)N2C. The van der Waals surface area contributed by atoms with Gasteiger partial charge in [0, 0.05) is 37.5 Å². The van der Waals surface area contributed by atoms with E-state index in [-0.39, 0.29) is 29.8 Å². The Morgan fingerprint density at radius 1 is 1.22 bits per heavy atom. The highest BCUT2D eigenvalue weighted by molar-refractivity contribution is 6.03. The summed E-state index contributed by atoms with van der Waals surface area (Å²) in [5.41, 5.74) is 2.11. The Hall–Kier alpha value is -3.70. The zero-order chi connectivity index (χ0) is 25.8. The number of likely N-dealkylation sites (N-methyl/N-ethyl adjacent to an activating group) is 1. The minimum absolute atomic E-state index is 0.0646. The van der Waals surface area contributed by atoms with Gasteiger partial charge in [0.25, 0.3) is 0 Å². The molecule has 5 rings (SSSR count). The summed E-state index contributed by atoms with van der Waals surface area (Å²) in [6, 6.07) is 2.29. The van der Waals surface area contributed by atoms with Gasteiger partial charge in [-0.3, -0.25) is 14.5 Å². The number of carbonyl (C=O) groups excluding carboxylic acids is 1. The third kappa shape index (κ3) is 4.47. The Morgan fingerprint density at radius 3 is 2.67 bits per heavy atom. The van der Waals surface area contributed by atoms with Crippen molar-refractivity contribution < 1.29 is 18.0 Å². The summed E-state index contributed by atoms with van der Waals surface area (Å²) < 4.78 is 40.1. The minimum atomic E-state index is -4.44. The number of carbonyl (C=O) groups is 1. The van der Waals surface area contributed by atoms with Crippen LogP contribution in [-0.2, 0) is 17.5 Å². The Morgan fingerprint density at radius 2 is 2.00 bits per heavy atom. The summed E-state index contributed by atoms with van der Waals surface area (Å²) in [6.45, 7) is 6.27. The van der Waals surface area contributed by atoms with Crippen molar-refractivity contribution in [2.75, 3.05) is 22.6 Å². The quantitative estimate of drug-likeness (QED) is 0.524. The Bertz CT molecular complexity index is 1290. The van der Waals surface area contributed by atoms with Gasteiger partial charge < -0.3 is 15.5 Å². The van der Waals surface area contributed by atoms with E-state index in [0.717, 1.165) is 23.6 Å². The average molecular weight is 501 g/mol. The molecule has 1 aliphatic heterocycles. The van der Waals surface area contributed by atoms with Crippen LogP contribution in [0.15, 0.2) is 30.7 Å². The van der Waals surface area contributed by atoms with E-state index in [1.807, 2.05) is 43.6 Å². The van der Waals surface area contributed by atoms with E-state index >= 15 is 0 Å². The molecule has 36 heavy (non-hydrogen) atoms. The number of aromatic nitrogens is 5. The number of anilines is 3. The fraction of sp³-hybridized carbons (Fsp3) is 0.458. The second-order valence-electron chi connectivity index (χ2n) is 9.69. The highest BCUT2D eigenvalue weighted by Crippen LogP contribution is 2.51. The summed E-state index contributed by atoms with van der Waals surface area (Å²) in [5, 5.41) is 10.6. The van der Waals surface area contributed by atoms with Crippen LogP contribution in [-0.4, -0.2) is 43.7 Å². The lowest BCUT2D eigenvalue weighted by molar-refractivity contribution is -0.141. The number of amides is 1. The molecular formula is C24H27F3N8O. The van der Waals surface area contributed by atoms with E-state index < -0.39 is 11.9 Å². The zero-order valence-corrected chi connectivity index (χ0v) is 20.3. The van der Waals surface area contributed by atoms with Crippen molar-refractivity contribution in [3.05, 3.63) is 53.2 Å². The van der Waals surface area contributed by atoms with Crippen LogP contribution in [0.3, 0.4) is 0 Å². The van der Waals surface area contributed by atoms with Crippen molar-refractivity contribution >= 4 is 23.4 Å². The molecule has 3 atom stereocenters. The van der Waals surface area contributed by atoms with Gasteiger partial charge >= 0.3 is 6.18 Å². The largest absolute Gasteiger partial charge is 0.433 e. The Labute approximate surface area is 206 Å². The number of hydrogen-bond donors (Lipinski definition) is 2. The van der Waals surface area contributed by atoms with E-state index in [1.165, 1.54) is 12.3 Å². The van der Waals surface area contributed by atoms with Crippen molar-refractivity contribution in [2.45, 2.75) is 57.9 Å². The first-order valence-electron chi connectivity index (χ1n) is 11.7. The first-order valence-corrected chi connectivity index (χ1v) is 11.7. The molecule has 0 bridgehead atoms. The van der Waals surface area contributed by atoms with Crippen LogP contribution in [0, 0.1) is 12.8 Å². The van der Waals surface area contributed by atoms with Gasteiger partial charge in [0.1, 0.15) is 17.4 Å². The lowest BCUT2D eigenvalue weighted by Crippen LogP contribution is -2.49. The molecule has 0 radical (unpaired) electrons. The molecule has 190 valence electrons. The Balaban J connectivity index is 1.24. The van der Waals surface area contributed by atoms with E-state index in [1.54, 1.807) is 6.20 Å². The molecule has 3 aromatic rings. The number of nitrogens with zero attached hydrogens (tertiary/aromatic N) is 6. The summed E-state index contributed by atoms with van der Waals surface area (Å²) in [7, 11) is 1.86. The number of halogens is 3. The van der Waals surface area contributed by atoms with Gasteiger partial charge in [-0.15, -0.1) is 0 Å². The highest BCUT2D eigenvalue weighted by Gasteiger charge is 2.41. The summed E-state index contributed by atoms with van der Waals surface area (Å²) in [6.07, 6.45) is 1.33. The molecule has 1 aliphatic carbocycles. The van der Waals surface area contributed by atoms with Crippen molar-refractivity contribution in [2.24, 2.45) is 5.92 Å². The predicted octanol–water partition coefficient (Wildman–Crippen LogP) is 4.15. The lowest BCUT2D eigenvalue weighted by atomic mass is 9.99. The van der Waals surface area contributed by atoms with Crippen LogP contribution >= 0.6 is 0 Å². The maximum atomic E-state index is 12.8. The summed E-state index contributed by atoms with van der Waals surface area (Å²) in [5.74, 6) is 1.26. The molecular weight excluding hydrogens is 473 g/mol. The van der Waals surface area contributed by atoms with Gasteiger partial charge in [0.15, 0.2) is 5.82 Å². The second kappa shape index (κ2) is 8.75. The highest BCUT2D eigenvalue weighted by atomic mass is 19.4. The lowest BCUT2D eigenvalue weighted by Gasteiger charge is -2.36. The van der Waals surface area contributed by atoms with Gasteiger partial charge in [0.05, 0.1) is 17.9 Å². The predicted molar refractivity (Wildman–Crippen MR) is 128 cm³/mol. The van der Waals surface area contributed by atoms with Gasteiger partial charge in [0.2, 0.25) is 11.9 Å². The van der Waals surface area contributed by atoms with Gasteiger partial charge in [-0.25, -0.2) is 4.98 Å². The number of aryl methyl sites for hydroxylation is 1. The van der Waals surface area contributed by atoms with Gasteiger partial charge in [-0.05, 0) is 30.9 Å². The molecule has 0 unspecified atom stereocenters. The van der Waals surface area contributed by atoms with Crippen LogP contribution in [0.25, 0.3) is 0 Å². The molecule has 1 saturated carbocycles. The second-order valence-corrected chi connectivity index (χ2v) is 9.69. The van der Waals surface area contributed by atoms with Crippen LogP contribution in [0.1, 0.15) is 54.7 Å². The number of rotatable bonds is 6. The van der Waals surface area contributed by atoms with Gasteiger partial charge in [-0.2, -0.15) is 23.3 Å². The molecule has 4 heterocycles. The Kier molecular flexibility index (Phi) is 5.84. The molecule has 0 spiro atoms. The van der Waals surface area contributed by atoms with Crippen LogP contribution in [0.4, 0.5) is 30.6 Å². The van der Waals surface area contributed by atoms with Crippen molar-refractivity contribution in [1.82, 2.24) is 24.7 Å². The molecule has 3 aromatic heterocycles. The number of nitrogens with one attached hydrogen (secondary N) is 2. The van der Waals surface area contributed by atoms with Gasteiger partial charge in [-0.1, -0.05) is 19.9 Å². The van der Waals surface area contributed by atoms with Crippen molar-refractivity contribution in [3.8, 4) is 0 Å². The third-order valence-corrected chi connectivity index (χ3v) is 6.68. The average Bonchev–Trinajstić information content (AvgIpc) is 3.47. The standard InChI is InChI=1S/C24H27F3N8O/c1-12(2)20-22(36)32-19-13(3)31-23(33-21(19)34(20)4)29-8-14-9-30-35(11-14)17-7-16(17)15-5-6-18(28-10-15)24(25,26)27/h5-6,9-12,16-17,20H,7-8H2,1-4H3,(H,32,36)(H,29,31,33)/t16-,17+,20-/m0/s1. The van der Waals surface area contributed by atoms with Crippen LogP contribution in [0.5, 0.6) is 0 Å². The molecule has 0 saturated heterocycles. The van der Waals surface area contributed by atoms with Crippen LogP contribution in [0.2, 0.25) is 0 Å². The minimum Gasteiger partial charge on any atom is -0.350 e. The molecule has 2 N–H and O–H groups in total. The number of alkyl halides is 3. The normalized spacial score (nSPS) is 21.4. The fourth-order valence-electron chi connectivity index (χ4n) is 4.75. The molecule has 9 nitrogen and oxygen atoms in total. The third-order valence-electron chi connectivity index (χ3n) is 6.68. The van der Waals surface area contributed by atoms with E-state index in [2.05, 4.69) is 30.7 Å². The van der Waals surface area contributed by atoms with Crippen molar-refractivity contribution in [1.29, 1.82) is 0 Å². The maximum Gasteiger partial charge on any atom is 0.433 e. The number of pyridine rings is 1. The number of hydrogen-bond acceptors (Lipinski definition) is 7. The van der Waals surface area contributed by atoms with E-state index in [9.17, 15) is 18.0 Å². The van der Waals surface area contributed by atoms with E-state index in [4.69, 9.17) is 0 Å². The smallest absolute Gasteiger partial charge is 0.350 e. The molecule has 2 aliphatic rings. The first kappa shape index (κ1) is 24.0. The molecule has 12 heteroatoms. The number of fused-ring (bicyclic) bond motifs is 1. The monoisotopic (exact) mass is 500 g/mol. The zero-order valence-electron chi connectivity index (χ0n) is 20.3. The molecule has 1 fully saturated rings. The fourth-order valence-corrected chi connectivity index (χ4v) is 4.75. The van der Waals surface area contributed by atoms with Crippen molar-refractivity contribution in [3.63, 3.8) is 0 Å². The summed E-state index contributed by atoms with van der Waals surface area (Å²) >= 11 is 0. The first-order chi connectivity index (χ1) is 17.0. The maximum absolute atomic E-state index is 12.8. The summed E-state index contributed by atoms with van der Waals surface area (Å²) in [4.78, 5) is 27.1. The molecule has 0 aromatic carbocycles. The topological polar surface area (TPSA) is 101 Å². The molecule has 1 amide bonds. The van der Waals surface area contributed by atoms with E-state index in [0.29, 0.717) is 29.7 Å². The van der Waals surface area contributed by atoms with Crippen LogP contribution < -0.4 is 15.5 Å².